The van der Waals surface area contributed by atoms with Gasteiger partial charge >= 0.3 is 0 Å². The molecule has 0 amide bonds. The van der Waals surface area contributed by atoms with Crippen molar-refractivity contribution in [2.24, 2.45) is 0 Å². The van der Waals surface area contributed by atoms with E-state index in [1.54, 1.807) is 11.8 Å². The Hall–Kier alpha value is -0.420. The number of halogens is 2. The Kier molecular flexibility index (Phi) is 4.56. The van der Waals surface area contributed by atoms with Crippen LogP contribution in [0.3, 0.4) is 0 Å². The van der Waals surface area contributed by atoms with E-state index < -0.39 is 0 Å². The first-order valence-electron chi connectivity index (χ1n) is 4.76. The Balaban J connectivity index is 2.25. The highest BCUT2D eigenvalue weighted by Crippen LogP contribution is 2.36. The Morgan fingerprint density at radius 2 is 2.18 bits per heavy atom. The Labute approximate surface area is 118 Å². The van der Waals surface area contributed by atoms with Crippen LogP contribution >= 0.6 is 46.3 Å². The van der Waals surface area contributed by atoms with Crippen molar-refractivity contribution in [1.82, 2.24) is 4.98 Å². The van der Waals surface area contributed by atoms with Gasteiger partial charge in [0.15, 0.2) is 0 Å². The fourth-order valence-electron chi connectivity index (χ4n) is 1.24. The van der Waals surface area contributed by atoms with Crippen LogP contribution in [0.1, 0.15) is 4.88 Å². The monoisotopic (exact) mass is 305 g/mol. The number of benzene rings is 1. The first-order valence-corrected chi connectivity index (χ1v) is 7.72. The predicted octanol–water partition coefficient (Wildman–Crippen LogP) is 5.05. The normalized spacial score (nSPS) is 10.5. The third-order valence-electron chi connectivity index (χ3n) is 2.02. The molecule has 6 heteroatoms. The van der Waals surface area contributed by atoms with Gasteiger partial charge in [0.2, 0.25) is 0 Å². The van der Waals surface area contributed by atoms with Crippen molar-refractivity contribution in [2.45, 2.75) is 10.8 Å². The molecule has 0 spiro atoms. The van der Waals surface area contributed by atoms with Gasteiger partial charge < -0.3 is 4.74 Å². The van der Waals surface area contributed by atoms with Crippen LogP contribution in [0.5, 0.6) is 10.9 Å². The van der Waals surface area contributed by atoms with Crippen LogP contribution in [0, 0.1) is 0 Å². The zero-order valence-electron chi connectivity index (χ0n) is 8.94. The molecule has 0 aliphatic heterocycles. The van der Waals surface area contributed by atoms with Crippen molar-refractivity contribution in [2.75, 3.05) is 6.26 Å². The molecular formula is C11H9Cl2NOS2. The highest BCUT2D eigenvalue weighted by atomic mass is 35.5. The zero-order valence-corrected chi connectivity index (χ0v) is 12.1. The summed E-state index contributed by atoms with van der Waals surface area (Å²) in [5.41, 5.74) is 0. The lowest BCUT2D eigenvalue weighted by Crippen LogP contribution is -1.85. The number of aromatic nitrogens is 1. The molecule has 1 aromatic carbocycles. The minimum atomic E-state index is 0.351. The van der Waals surface area contributed by atoms with Gasteiger partial charge in [0.1, 0.15) is 10.9 Å². The standard InChI is InChI=1S/C11H9Cl2NOS2/c1-16-8-5-3-2-4-7(8)15-11-14-10(13)9(6-12)17-11/h2-5H,6H2,1H3. The Morgan fingerprint density at radius 3 is 2.82 bits per heavy atom. The summed E-state index contributed by atoms with van der Waals surface area (Å²) < 4.78 is 5.71. The van der Waals surface area contributed by atoms with Gasteiger partial charge in [0.05, 0.1) is 10.8 Å². The summed E-state index contributed by atoms with van der Waals surface area (Å²) in [5.74, 6) is 1.14. The maximum Gasteiger partial charge on any atom is 0.280 e. The third-order valence-corrected chi connectivity index (χ3v) is 4.58. The van der Waals surface area contributed by atoms with Crippen LogP contribution in [0.25, 0.3) is 0 Å². The van der Waals surface area contributed by atoms with Crippen molar-refractivity contribution in [1.29, 1.82) is 0 Å². The second kappa shape index (κ2) is 5.96. The van der Waals surface area contributed by atoms with E-state index in [0.29, 0.717) is 16.2 Å². The van der Waals surface area contributed by atoms with Gasteiger partial charge in [-0.25, -0.2) is 0 Å². The number of rotatable bonds is 4. The maximum absolute atomic E-state index is 5.91. The molecular weight excluding hydrogens is 297 g/mol. The summed E-state index contributed by atoms with van der Waals surface area (Å²) in [6.07, 6.45) is 2.00. The van der Waals surface area contributed by atoms with E-state index in [4.69, 9.17) is 27.9 Å². The lowest BCUT2D eigenvalue weighted by atomic mass is 10.3. The third kappa shape index (κ3) is 3.07. The zero-order chi connectivity index (χ0) is 12.3. The van der Waals surface area contributed by atoms with Crippen molar-refractivity contribution in [3.63, 3.8) is 0 Å². The summed E-state index contributed by atoms with van der Waals surface area (Å²) in [7, 11) is 0. The molecule has 0 saturated carbocycles. The fourth-order valence-corrected chi connectivity index (χ4v) is 3.09. The summed E-state index contributed by atoms with van der Waals surface area (Å²) in [6.45, 7) is 0. The maximum atomic E-state index is 5.91. The van der Waals surface area contributed by atoms with E-state index in [2.05, 4.69) is 4.98 Å². The first-order chi connectivity index (χ1) is 8.24. The molecule has 0 aliphatic carbocycles. The van der Waals surface area contributed by atoms with Crippen molar-refractivity contribution < 1.29 is 4.74 Å². The van der Waals surface area contributed by atoms with E-state index >= 15 is 0 Å². The average molecular weight is 306 g/mol. The van der Waals surface area contributed by atoms with Gasteiger partial charge in [-0.2, -0.15) is 4.98 Å². The topological polar surface area (TPSA) is 22.1 Å². The minimum absolute atomic E-state index is 0.351. The largest absolute Gasteiger partial charge is 0.430 e. The Bertz CT molecular complexity index is 516. The van der Waals surface area contributed by atoms with Crippen LogP contribution in [0.4, 0.5) is 0 Å². The van der Waals surface area contributed by atoms with Gasteiger partial charge in [-0.05, 0) is 18.4 Å². The van der Waals surface area contributed by atoms with Crippen LogP contribution in [-0.4, -0.2) is 11.2 Å². The molecule has 1 heterocycles. The molecule has 17 heavy (non-hydrogen) atoms. The molecule has 0 bridgehead atoms. The van der Waals surface area contributed by atoms with Crippen LogP contribution in [-0.2, 0) is 5.88 Å². The van der Waals surface area contributed by atoms with E-state index in [1.807, 2.05) is 30.5 Å². The molecule has 2 nitrogen and oxygen atoms in total. The van der Waals surface area contributed by atoms with Crippen LogP contribution < -0.4 is 4.74 Å². The van der Waals surface area contributed by atoms with E-state index in [9.17, 15) is 0 Å². The molecule has 0 aliphatic rings. The number of alkyl halides is 1. The molecule has 0 fully saturated rings. The number of hydrogen-bond acceptors (Lipinski definition) is 4. The van der Waals surface area contributed by atoms with Crippen LogP contribution in [0.15, 0.2) is 29.2 Å². The number of nitrogens with zero attached hydrogens (tertiary/aromatic N) is 1. The minimum Gasteiger partial charge on any atom is -0.430 e. The number of thioether (sulfide) groups is 1. The van der Waals surface area contributed by atoms with Gasteiger partial charge in [-0.3, -0.25) is 0 Å². The van der Waals surface area contributed by atoms with Gasteiger partial charge in [0.25, 0.3) is 5.19 Å². The van der Waals surface area contributed by atoms with E-state index in [-0.39, 0.29) is 0 Å². The average Bonchev–Trinajstić information content (AvgIpc) is 2.70. The number of ether oxygens (including phenoxy) is 1. The molecule has 90 valence electrons. The number of para-hydroxylation sites is 1. The molecule has 0 atom stereocenters. The second-order valence-corrected chi connectivity index (χ2v) is 5.60. The number of hydrogen-bond donors (Lipinski definition) is 0. The fraction of sp³-hybridized carbons (Fsp3) is 0.182. The molecule has 0 saturated heterocycles. The SMILES string of the molecule is CSc1ccccc1Oc1nc(Cl)c(CCl)s1. The quantitative estimate of drug-likeness (QED) is 0.583. The molecule has 0 unspecified atom stereocenters. The molecule has 0 N–H and O–H groups in total. The lowest BCUT2D eigenvalue weighted by molar-refractivity contribution is 0.467. The highest BCUT2D eigenvalue weighted by Gasteiger charge is 2.11. The predicted molar refractivity (Wildman–Crippen MR) is 75.0 cm³/mol. The molecule has 1 aromatic heterocycles. The van der Waals surface area contributed by atoms with Crippen LogP contribution in [0.2, 0.25) is 5.15 Å². The van der Waals surface area contributed by atoms with Crippen molar-refractivity contribution >= 4 is 46.3 Å². The molecule has 2 rings (SSSR count). The summed E-state index contributed by atoms with van der Waals surface area (Å²) >= 11 is 14.6. The van der Waals surface area contributed by atoms with E-state index in [0.717, 1.165) is 15.5 Å². The van der Waals surface area contributed by atoms with Crippen molar-refractivity contribution in [3.05, 3.63) is 34.3 Å². The van der Waals surface area contributed by atoms with Gasteiger partial charge in [-0.1, -0.05) is 35.1 Å². The number of thiazole rings is 1. The summed E-state index contributed by atoms with van der Waals surface area (Å²) in [6, 6.07) is 7.80. The van der Waals surface area contributed by atoms with E-state index in [1.165, 1.54) is 11.3 Å². The van der Waals surface area contributed by atoms with Gasteiger partial charge in [-0.15, -0.1) is 23.4 Å². The van der Waals surface area contributed by atoms with Crippen molar-refractivity contribution in [3.8, 4) is 10.9 Å². The van der Waals surface area contributed by atoms with Gasteiger partial charge in [0, 0.05) is 4.90 Å². The smallest absolute Gasteiger partial charge is 0.280 e. The molecule has 0 radical (unpaired) electrons. The second-order valence-electron chi connectivity index (χ2n) is 3.08. The lowest BCUT2D eigenvalue weighted by Gasteiger charge is -2.05. The summed E-state index contributed by atoms with van der Waals surface area (Å²) in [4.78, 5) is 6.01. The Morgan fingerprint density at radius 1 is 1.41 bits per heavy atom. The summed E-state index contributed by atoms with van der Waals surface area (Å²) in [5, 5.41) is 0.939. The highest BCUT2D eigenvalue weighted by molar-refractivity contribution is 7.98. The first kappa shape index (κ1) is 13.0. The molecule has 2 aromatic rings.